The van der Waals surface area contributed by atoms with Gasteiger partial charge in [0.05, 0.1) is 6.04 Å². The molecule has 1 aliphatic heterocycles. The molecule has 3 saturated carbocycles. The van der Waals surface area contributed by atoms with Crippen molar-refractivity contribution in [2.45, 2.75) is 69.4 Å². The number of nitrogens with one attached hydrogen (secondary N) is 2. The van der Waals surface area contributed by atoms with Crippen LogP contribution >= 0.6 is 0 Å². The molecular weight excluding hydrogens is 274 g/mol. The minimum Gasteiger partial charge on any atom is -0.352 e. The summed E-state index contributed by atoms with van der Waals surface area (Å²) in [6.45, 7) is 0.909. The first-order chi connectivity index (χ1) is 10.0. The number of rotatable bonds is 2. The molecule has 5 heteroatoms. The number of halogens is 2. The van der Waals surface area contributed by atoms with Gasteiger partial charge >= 0.3 is 0 Å². The summed E-state index contributed by atoms with van der Waals surface area (Å²) in [6.07, 6.45) is 7.00. The summed E-state index contributed by atoms with van der Waals surface area (Å²) in [4.78, 5) is 12.5. The van der Waals surface area contributed by atoms with Crippen LogP contribution in [0, 0.1) is 17.3 Å². The molecule has 0 bridgehead atoms. The molecular formula is C16H24F2N2O. The molecule has 0 aromatic heterocycles. The zero-order chi connectivity index (χ0) is 14.7. The molecule has 4 fully saturated rings. The van der Waals surface area contributed by atoms with Crippen molar-refractivity contribution in [2.75, 3.05) is 6.54 Å². The van der Waals surface area contributed by atoms with Gasteiger partial charge < -0.3 is 10.6 Å². The van der Waals surface area contributed by atoms with E-state index in [2.05, 4.69) is 10.6 Å². The highest BCUT2D eigenvalue weighted by atomic mass is 19.3. The summed E-state index contributed by atoms with van der Waals surface area (Å²) in [5.74, 6) is -1.29. The van der Waals surface area contributed by atoms with Crippen molar-refractivity contribution in [1.82, 2.24) is 10.6 Å². The fourth-order valence-corrected chi connectivity index (χ4v) is 5.00. The second kappa shape index (κ2) is 4.64. The number of piperidine rings is 1. The predicted molar refractivity (Wildman–Crippen MR) is 75.0 cm³/mol. The summed E-state index contributed by atoms with van der Waals surface area (Å²) < 4.78 is 26.4. The van der Waals surface area contributed by atoms with Gasteiger partial charge in [0.1, 0.15) is 0 Å². The Bertz CT molecular complexity index is 446. The van der Waals surface area contributed by atoms with Crippen LogP contribution in [-0.4, -0.2) is 30.5 Å². The van der Waals surface area contributed by atoms with Gasteiger partial charge in [-0.15, -0.1) is 0 Å². The molecule has 2 N–H and O–H groups in total. The molecule has 0 radical (unpaired) electrons. The number of amides is 1. The predicted octanol–water partition coefficient (Wildman–Crippen LogP) is 2.46. The van der Waals surface area contributed by atoms with Crippen LogP contribution in [0.4, 0.5) is 8.78 Å². The molecule has 3 atom stereocenters. The number of hydrogen-bond acceptors (Lipinski definition) is 2. The second-order valence-corrected chi connectivity index (χ2v) is 7.70. The zero-order valence-corrected chi connectivity index (χ0v) is 12.3. The van der Waals surface area contributed by atoms with Gasteiger partial charge in [-0.3, -0.25) is 4.79 Å². The molecule has 0 aromatic rings. The molecule has 1 amide bonds. The van der Waals surface area contributed by atoms with E-state index in [1.807, 2.05) is 0 Å². The van der Waals surface area contributed by atoms with Crippen molar-refractivity contribution in [3.8, 4) is 0 Å². The molecule has 3 aliphatic carbocycles. The Morgan fingerprint density at radius 2 is 1.86 bits per heavy atom. The van der Waals surface area contributed by atoms with E-state index >= 15 is 0 Å². The first-order valence-electron chi connectivity index (χ1n) is 8.42. The van der Waals surface area contributed by atoms with Crippen LogP contribution in [0.1, 0.15) is 51.4 Å². The maximum absolute atomic E-state index is 13.2. The van der Waals surface area contributed by atoms with Gasteiger partial charge in [-0.05, 0) is 44.1 Å². The minimum atomic E-state index is -2.47. The van der Waals surface area contributed by atoms with Crippen LogP contribution in [0.25, 0.3) is 0 Å². The molecule has 1 saturated heterocycles. The summed E-state index contributed by atoms with van der Waals surface area (Å²) in [7, 11) is 0. The van der Waals surface area contributed by atoms with Crippen LogP contribution in [0.5, 0.6) is 0 Å². The van der Waals surface area contributed by atoms with E-state index in [1.54, 1.807) is 0 Å². The molecule has 21 heavy (non-hydrogen) atoms. The van der Waals surface area contributed by atoms with Crippen LogP contribution in [0.2, 0.25) is 0 Å². The van der Waals surface area contributed by atoms with E-state index in [-0.39, 0.29) is 24.4 Å². The molecule has 4 rings (SSSR count). The van der Waals surface area contributed by atoms with Gasteiger partial charge in [0.2, 0.25) is 5.91 Å². The summed E-state index contributed by atoms with van der Waals surface area (Å²) in [6, 6.07) is -0.128. The standard InChI is InChI=1S/C16H24F2N2O/c17-16(18)9-15(16)7-11(8-15)20-14(21)13-12-4-2-1-3-10(12)5-6-19-13/h10-13,19H,1-9H2,(H,20,21). The van der Waals surface area contributed by atoms with Gasteiger partial charge in [-0.2, -0.15) is 0 Å². The van der Waals surface area contributed by atoms with E-state index in [1.165, 1.54) is 25.7 Å². The van der Waals surface area contributed by atoms with Crippen molar-refractivity contribution in [3.63, 3.8) is 0 Å². The van der Waals surface area contributed by atoms with E-state index in [0.717, 1.165) is 13.0 Å². The van der Waals surface area contributed by atoms with Gasteiger partial charge in [0.15, 0.2) is 0 Å². The van der Waals surface area contributed by atoms with E-state index in [0.29, 0.717) is 24.7 Å². The SMILES string of the molecule is O=C(NC1CC2(C1)CC2(F)F)C1NCCC2CCCCC21. The summed E-state index contributed by atoms with van der Waals surface area (Å²) in [5.41, 5.74) is -0.752. The molecule has 3 unspecified atom stereocenters. The number of carbonyl (C=O) groups is 1. The Hall–Kier alpha value is -0.710. The number of fused-ring (bicyclic) bond motifs is 1. The van der Waals surface area contributed by atoms with Crippen molar-refractivity contribution in [3.05, 3.63) is 0 Å². The highest BCUT2D eigenvalue weighted by Gasteiger charge is 2.75. The van der Waals surface area contributed by atoms with Gasteiger partial charge in [-0.1, -0.05) is 19.3 Å². The van der Waals surface area contributed by atoms with E-state index < -0.39 is 11.3 Å². The lowest BCUT2D eigenvalue weighted by Crippen LogP contribution is -2.58. The molecule has 0 aromatic carbocycles. The fraction of sp³-hybridized carbons (Fsp3) is 0.938. The lowest BCUT2D eigenvalue weighted by atomic mass is 9.71. The Morgan fingerprint density at radius 1 is 1.14 bits per heavy atom. The largest absolute Gasteiger partial charge is 0.352 e. The first kappa shape index (κ1) is 13.9. The second-order valence-electron chi connectivity index (χ2n) is 7.70. The number of alkyl halides is 2. The van der Waals surface area contributed by atoms with Crippen molar-refractivity contribution >= 4 is 5.91 Å². The van der Waals surface area contributed by atoms with Crippen LogP contribution in [0.3, 0.4) is 0 Å². The van der Waals surface area contributed by atoms with Gasteiger partial charge in [0.25, 0.3) is 5.92 Å². The van der Waals surface area contributed by atoms with Crippen molar-refractivity contribution < 1.29 is 13.6 Å². The Kier molecular flexibility index (Phi) is 3.08. The number of hydrogen-bond donors (Lipinski definition) is 2. The third-order valence-corrected chi connectivity index (χ3v) is 6.39. The molecule has 1 heterocycles. The normalized spacial score (nSPS) is 47.3. The maximum atomic E-state index is 13.2. The third-order valence-electron chi connectivity index (χ3n) is 6.39. The lowest BCUT2D eigenvalue weighted by molar-refractivity contribution is -0.128. The van der Waals surface area contributed by atoms with Gasteiger partial charge in [-0.25, -0.2) is 8.78 Å². The summed E-state index contributed by atoms with van der Waals surface area (Å²) in [5, 5.41) is 6.38. The Morgan fingerprint density at radius 3 is 2.57 bits per heavy atom. The zero-order valence-electron chi connectivity index (χ0n) is 12.3. The number of carbonyl (C=O) groups excluding carboxylic acids is 1. The minimum absolute atomic E-state index is 0.0265. The molecule has 1 spiro atoms. The maximum Gasteiger partial charge on any atom is 0.254 e. The molecule has 3 nitrogen and oxygen atoms in total. The van der Waals surface area contributed by atoms with Crippen LogP contribution in [0.15, 0.2) is 0 Å². The monoisotopic (exact) mass is 298 g/mol. The Balaban J connectivity index is 1.33. The molecule has 118 valence electrons. The van der Waals surface area contributed by atoms with E-state index in [4.69, 9.17) is 0 Å². The smallest absolute Gasteiger partial charge is 0.254 e. The average molecular weight is 298 g/mol. The summed E-state index contributed by atoms with van der Waals surface area (Å²) >= 11 is 0. The Labute approximate surface area is 124 Å². The van der Waals surface area contributed by atoms with Gasteiger partial charge in [0, 0.05) is 17.9 Å². The van der Waals surface area contributed by atoms with Crippen LogP contribution < -0.4 is 10.6 Å². The lowest BCUT2D eigenvalue weighted by Gasteiger charge is -2.43. The van der Waals surface area contributed by atoms with Crippen molar-refractivity contribution in [1.29, 1.82) is 0 Å². The highest BCUT2D eigenvalue weighted by molar-refractivity contribution is 5.82. The topological polar surface area (TPSA) is 41.1 Å². The fourth-order valence-electron chi connectivity index (χ4n) is 5.00. The molecule has 4 aliphatic rings. The van der Waals surface area contributed by atoms with Crippen molar-refractivity contribution in [2.24, 2.45) is 17.3 Å². The van der Waals surface area contributed by atoms with E-state index in [9.17, 15) is 13.6 Å². The first-order valence-corrected chi connectivity index (χ1v) is 8.42. The van der Waals surface area contributed by atoms with Crippen LogP contribution in [-0.2, 0) is 4.79 Å². The average Bonchev–Trinajstić information content (AvgIpc) is 3.00. The quantitative estimate of drug-likeness (QED) is 0.822. The third kappa shape index (κ3) is 2.19. The highest BCUT2D eigenvalue weighted by Crippen LogP contribution is 2.70.